The van der Waals surface area contributed by atoms with Crippen molar-refractivity contribution < 1.29 is 14.3 Å². The fraction of sp³-hybridized carbons (Fsp3) is 0.222. The first-order valence-electron chi connectivity index (χ1n) is 7.36. The zero-order valence-corrected chi connectivity index (χ0v) is 13.4. The Morgan fingerprint density at radius 3 is 2.52 bits per heavy atom. The number of carbonyl (C=O) groups excluding carboxylic acids is 2. The van der Waals surface area contributed by atoms with E-state index < -0.39 is 12.0 Å². The highest BCUT2D eigenvalue weighted by molar-refractivity contribution is 6.30. The van der Waals surface area contributed by atoms with Crippen molar-refractivity contribution in [2.45, 2.75) is 18.9 Å². The maximum absolute atomic E-state index is 13.0. The number of esters is 1. The summed E-state index contributed by atoms with van der Waals surface area (Å²) in [7, 11) is 1.34. The average Bonchev–Trinajstić information content (AvgIpc) is 2.60. The molecule has 0 aliphatic carbocycles. The van der Waals surface area contributed by atoms with Crippen LogP contribution in [-0.4, -0.2) is 25.0 Å². The highest BCUT2D eigenvalue weighted by Crippen LogP contribution is 2.32. The van der Waals surface area contributed by atoms with E-state index in [1.54, 1.807) is 24.3 Å². The largest absolute Gasteiger partial charge is 0.467 e. The van der Waals surface area contributed by atoms with Crippen molar-refractivity contribution >= 4 is 29.2 Å². The van der Waals surface area contributed by atoms with Gasteiger partial charge in [-0.2, -0.15) is 0 Å². The van der Waals surface area contributed by atoms with Crippen LogP contribution in [0.3, 0.4) is 0 Å². The minimum Gasteiger partial charge on any atom is -0.467 e. The molecule has 0 N–H and O–H groups in total. The molecule has 2 aromatic rings. The number of rotatable bonds is 2. The predicted molar refractivity (Wildman–Crippen MR) is 88.8 cm³/mol. The molecular weight excluding hydrogens is 314 g/mol. The number of aryl methyl sites for hydroxylation is 1. The Labute approximate surface area is 139 Å². The molecule has 1 aliphatic rings. The third-order valence-electron chi connectivity index (χ3n) is 4.03. The molecule has 3 rings (SSSR count). The van der Waals surface area contributed by atoms with Crippen LogP contribution in [0.15, 0.2) is 48.5 Å². The SMILES string of the molecule is COC(=O)[C@H]1CCc2ccccc2N1C(=O)c1ccc(Cl)cc1. The number of ether oxygens (including phenoxy) is 1. The molecule has 0 fully saturated rings. The fourth-order valence-electron chi connectivity index (χ4n) is 2.89. The summed E-state index contributed by atoms with van der Waals surface area (Å²) in [5.41, 5.74) is 2.30. The molecule has 0 unspecified atom stereocenters. The van der Waals surface area contributed by atoms with E-state index in [0.29, 0.717) is 17.0 Å². The van der Waals surface area contributed by atoms with Crippen LogP contribution < -0.4 is 4.90 Å². The van der Waals surface area contributed by atoms with Crippen LogP contribution in [0.1, 0.15) is 22.3 Å². The predicted octanol–water partition coefficient (Wildman–Crippen LogP) is 3.47. The highest BCUT2D eigenvalue weighted by atomic mass is 35.5. The number of benzene rings is 2. The molecule has 0 radical (unpaired) electrons. The van der Waals surface area contributed by atoms with Gasteiger partial charge in [0.25, 0.3) is 5.91 Å². The molecule has 1 heterocycles. The van der Waals surface area contributed by atoms with Gasteiger partial charge in [-0.15, -0.1) is 0 Å². The van der Waals surface area contributed by atoms with Crippen molar-refractivity contribution in [1.29, 1.82) is 0 Å². The number of hydrogen-bond acceptors (Lipinski definition) is 3. The topological polar surface area (TPSA) is 46.6 Å². The third kappa shape index (κ3) is 2.94. The van der Waals surface area contributed by atoms with E-state index >= 15 is 0 Å². The van der Waals surface area contributed by atoms with Gasteiger partial charge in [-0.3, -0.25) is 9.69 Å². The van der Waals surface area contributed by atoms with Crippen molar-refractivity contribution in [2.24, 2.45) is 0 Å². The van der Waals surface area contributed by atoms with Crippen LogP contribution in [-0.2, 0) is 16.0 Å². The zero-order chi connectivity index (χ0) is 16.4. The van der Waals surface area contributed by atoms with Crippen molar-refractivity contribution in [3.05, 3.63) is 64.7 Å². The Morgan fingerprint density at radius 1 is 1.13 bits per heavy atom. The summed E-state index contributed by atoms with van der Waals surface area (Å²) in [4.78, 5) is 26.7. The van der Waals surface area contributed by atoms with Gasteiger partial charge in [0.1, 0.15) is 6.04 Å². The summed E-state index contributed by atoms with van der Waals surface area (Å²) >= 11 is 5.89. The lowest BCUT2D eigenvalue weighted by molar-refractivity contribution is -0.142. The maximum atomic E-state index is 13.0. The van der Waals surface area contributed by atoms with Crippen LogP contribution in [0.4, 0.5) is 5.69 Å². The zero-order valence-electron chi connectivity index (χ0n) is 12.7. The second-order valence-corrected chi connectivity index (χ2v) is 5.82. The smallest absolute Gasteiger partial charge is 0.328 e. The summed E-state index contributed by atoms with van der Waals surface area (Å²) in [5.74, 6) is -0.633. The molecule has 118 valence electrons. The molecule has 0 bridgehead atoms. The molecule has 1 amide bonds. The van der Waals surface area contributed by atoms with Crippen molar-refractivity contribution in [1.82, 2.24) is 0 Å². The summed E-state index contributed by atoms with van der Waals surface area (Å²) in [6.45, 7) is 0. The summed E-state index contributed by atoms with van der Waals surface area (Å²) in [6, 6.07) is 13.7. The lowest BCUT2D eigenvalue weighted by Crippen LogP contribution is -2.48. The molecule has 1 atom stereocenters. The summed E-state index contributed by atoms with van der Waals surface area (Å²) < 4.78 is 4.89. The molecule has 1 aliphatic heterocycles. The van der Waals surface area contributed by atoms with Crippen molar-refractivity contribution in [3.8, 4) is 0 Å². The number of fused-ring (bicyclic) bond motifs is 1. The van der Waals surface area contributed by atoms with E-state index in [1.165, 1.54) is 12.0 Å². The van der Waals surface area contributed by atoms with Gasteiger partial charge < -0.3 is 4.74 Å². The number of amides is 1. The number of methoxy groups -OCH3 is 1. The van der Waals surface area contributed by atoms with E-state index in [9.17, 15) is 9.59 Å². The Kier molecular flexibility index (Phi) is 4.35. The van der Waals surface area contributed by atoms with Gasteiger partial charge >= 0.3 is 5.97 Å². The second-order valence-electron chi connectivity index (χ2n) is 5.39. The normalized spacial score (nSPS) is 16.6. The van der Waals surface area contributed by atoms with Gasteiger partial charge in [-0.25, -0.2) is 4.79 Å². The number of anilines is 1. The van der Waals surface area contributed by atoms with Crippen LogP contribution in [0.2, 0.25) is 5.02 Å². The van der Waals surface area contributed by atoms with Crippen LogP contribution in [0.5, 0.6) is 0 Å². The van der Waals surface area contributed by atoms with Gasteiger partial charge in [0.2, 0.25) is 0 Å². The lowest BCUT2D eigenvalue weighted by Gasteiger charge is -2.35. The third-order valence-corrected chi connectivity index (χ3v) is 4.29. The van der Waals surface area contributed by atoms with Crippen molar-refractivity contribution in [2.75, 3.05) is 12.0 Å². The van der Waals surface area contributed by atoms with Crippen molar-refractivity contribution in [3.63, 3.8) is 0 Å². The molecule has 2 aromatic carbocycles. The Balaban J connectivity index is 2.05. The molecule has 23 heavy (non-hydrogen) atoms. The Hall–Kier alpha value is -2.33. The van der Waals surface area contributed by atoms with E-state index in [0.717, 1.165) is 17.7 Å². The monoisotopic (exact) mass is 329 g/mol. The lowest BCUT2D eigenvalue weighted by atomic mass is 9.94. The molecular formula is C18H16ClNO3. The summed E-state index contributed by atoms with van der Waals surface area (Å²) in [5, 5.41) is 0.560. The van der Waals surface area contributed by atoms with Crippen LogP contribution >= 0.6 is 11.6 Å². The Morgan fingerprint density at radius 2 is 1.83 bits per heavy atom. The first-order valence-corrected chi connectivity index (χ1v) is 7.74. The fourth-order valence-corrected chi connectivity index (χ4v) is 3.01. The van der Waals surface area contributed by atoms with Crippen LogP contribution in [0.25, 0.3) is 0 Å². The summed E-state index contributed by atoms with van der Waals surface area (Å²) in [6.07, 6.45) is 1.28. The quantitative estimate of drug-likeness (QED) is 0.792. The first kappa shape index (κ1) is 15.6. The van der Waals surface area contributed by atoms with Gasteiger partial charge in [0.05, 0.1) is 7.11 Å². The highest BCUT2D eigenvalue weighted by Gasteiger charge is 2.36. The number of carbonyl (C=O) groups is 2. The number of hydrogen-bond donors (Lipinski definition) is 0. The second kappa shape index (κ2) is 6.42. The van der Waals surface area contributed by atoms with E-state index in [1.807, 2.05) is 24.3 Å². The van der Waals surface area contributed by atoms with Crippen LogP contribution in [0, 0.1) is 0 Å². The molecule has 0 spiro atoms. The minimum atomic E-state index is -0.613. The minimum absolute atomic E-state index is 0.232. The molecule has 0 saturated carbocycles. The first-order chi connectivity index (χ1) is 11.1. The maximum Gasteiger partial charge on any atom is 0.328 e. The number of para-hydroxylation sites is 1. The van der Waals surface area contributed by atoms with E-state index in [-0.39, 0.29) is 5.91 Å². The van der Waals surface area contributed by atoms with E-state index in [2.05, 4.69) is 0 Å². The van der Waals surface area contributed by atoms with Gasteiger partial charge in [-0.05, 0) is 48.7 Å². The Bertz CT molecular complexity index is 742. The van der Waals surface area contributed by atoms with E-state index in [4.69, 9.17) is 16.3 Å². The molecule has 4 nitrogen and oxygen atoms in total. The number of halogens is 1. The molecule has 0 saturated heterocycles. The number of nitrogens with zero attached hydrogens (tertiary/aromatic N) is 1. The average molecular weight is 330 g/mol. The van der Waals surface area contributed by atoms with Gasteiger partial charge in [0, 0.05) is 16.3 Å². The molecule has 5 heteroatoms. The van der Waals surface area contributed by atoms with Gasteiger partial charge in [-0.1, -0.05) is 29.8 Å². The standard InChI is InChI=1S/C18H16ClNO3/c1-23-18(22)16-11-8-12-4-2-3-5-15(12)20(16)17(21)13-6-9-14(19)10-7-13/h2-7,9-10,16H,8,11H2,1H3/t16-/m1/s1. The molecule has 0 aromatic heterocycles. The van der Waals surface area contributed by atoms with Gasteiger partial charge in [0.15, 0.2) is 0 Å².